The van der Waals surface area contributed by atoms with E-state index in [1.54, 1.807) is 29.1 Å². The monoisotopic (exact) mass is 271 g/mol. The van der Waals surface area contributed by atoms with E-state index in [9.17, 15) is 10.2 Å². The van der Waals surface area contributed by atoms with Crippen LogP contribution in [0.5, 0.6) is 11.5 Å². The minimum atomic E-state index is -0.391. The molecule has 0 aliphatic rings. The highest BCUT2D eigenvalue weighted by molar-refractivity contribution is 5.41. The molecule has 20 heavy (non-hydrogen) atoms. The van der Waals surface area contributed by atoms with Crippen molar-refractivity contribution in [2.24, 2.45) is 5.73 Å². The number of phenolic OH excluding ortho intramolecular Hbond substituents is 2. The van der Waals surface area contributed by atoms with Gasteiger partial charge in [-0.25, -0.2) is 4.98 Å². The van der Waals surface area contributed by atoms with Gasteiger partial charge in [0.25, 0.3) is 0 Å². The van der Waals surface area contributed by atoms with Gasteiger partial charge in [0.2, 0.25) is 0 Å². The molecular formula is C13H13N5O2. The first-order chi connectivity index (χ1) is 9.65. The first-order valence-corrected chi connectivity index (χ1v) is 6.06. The van der Waals surface area contributed by atoms with Crippen molar-refractivity contribution in [3.63, 3.8) is 0 Å². The number of hydrogen-bond donors (Lipinski definition) is 3. The van der Waals surface area contributed by atoms with Crippen LogP contribution in [0.15, 0.2) is 36.8 Å². The fraction of sp³-hybridized carbons (Fsp3) is 0.154. The molecule has 1 unspecified atom stereocenters. The Labute approximate surface area is 114 Å². The predicted octanol–water partition coefficient (Wildman–Crippen LogP) is 0.778. The van der Waals surface area contributed by atoms with E-state index in [1.165, 1.54) is 12.1 Å². The van der Waals surface area contributed by atoms with Gasteiger partial charge in [0.15, 0.2) is 23.0 Å². The lowest BCUT2D eigenvalue weighted by molar-refractivity contribution is 0.403. The standard InChI is InChI=1S/C13H13N5O2/c14-9(5-8-1-2-10(19)11(20)6-8)13-17-16-12-3-4-15-7-18(12)13/h1-4,6-7,9,19-20H,5,14H2. The molecule has 0 aliphatic carbocycles. The second-order valence-corrected chi connectivity index (χ2v) is 4.50. The summed E-state index contributed by atoms with van der Waals surface area (Å²) >= 11 is 0. The quantitative estimate of drug-likeness (QED) is 0.607. The van der Waals surface area contributed by atoms with Gasteiger partial charge in [-0.05, 0) is 24.1 Å². The van der Waals surface area contributed by atoms with Gasteiger partial charge in [-0.3, -0.25) is 4.40 Å². The summed E-state index contributed by atoms with van der Waals surface area (Å²) < 4.78 is 1.73. The molecule has 0 aliphatic heterocycles. The van der Waals surface area contributed by atoms with E-state index in [2.05, 4.69) is 15.2 Å². The average molecular weight is 271 g/mol. The number of fused-ring (bicyclic) bond motifs is 1. The Morgan fingerprint density at radius 2 is 2.00 bits per heavy atom. The van der Waals surface area contributed by atoms with Crippen molar-refractivity contribution in [3.8, 4) is 11.5 Å². The number of benzene rings is 1. The number of hydrogen-bond acceptors (Lipinski definition) is 6. The van der Waals surface area contributed by atoms with E-state index in [1.807, 2.05) is 0 Å². The minimum Gasteiger partial charge on any atom is -0.504 e. The third-order valence-corrected chi connectivity index (χ3v) is 3.07. The lowest BCUT2D eigenvalue weighted by atomic mass is 10.1. The molecule has 7 nitrogen and oxygen atoms in total. The van der Waals surface area contributed by atoms with Gasteiger partial charge >= 0.3 is 0 Å². The van der Waals surface area contributed by atoms with Crippen molar-refractivity contribution in [1.82, 2.24) is 19.6 Å². The number of nitrogens with two attached hydrogens (primary N) is 1. The Bertz CT molecular complexity index is 755. The van der Waals surface area contributed by atoms with Crippen molar-refractivity contribution >= 4 is 5.65 Å². The molecule has 102 valence electrons. The predicted molar refractivity (Wildman–Crippen MR) is 71.2 cm³/mol. The third kappa shape index (κ3) is 2.14. The molecule has 0 fully saturated rings. The van der Waals surface area contributed by atoms with Crippen molar-refractivity contribution in [2.75, 3.05) is 0 Å². The van der Waals surface area contributed by atoms with Gasteiger partial charge in [0.05, 0.1) is 6.04 Å². The molecule has 0 saturated heterocycles. The zero-order valence-corrected chi connectivity index (χ0v) is 10.5. The van der Waals surface area contributed by atoms with Gasteiger partial charge in [0, 0.05) is 12.3 Å². The highest BCUT2D eigenvalue weighted by Crippen LogP contribution is 2.26. The zero-order valence-electron chi connectivity index (χ0n) is 10.5. The maximum Gasteiger partial charge on any atom is 0.163 e. The summed E-state index contributed by atoms with van der Waals surface area (Å²) in [5.41, 5.74) is 7.61. The van der Waals surface area contributed by atoms with Gasteiger partial charge < -0.3 is 15.9 Å². The third-order valence-electron chi connectivity index (χ3n) is 3.07. The maximum atomic E-state index is 9.48. The first kappa shape index (κ1) is 12.4. The normalized spacial score (nSPS) is 12.7. The summed E-state index contributed by atoms with van der Waals surface area (Å²) in [6.45, 7) is 0. The van der Waals surface area contributed by atoms with E-state index in [-0.39, 0.29) is 11.5 Å². The summed E-state index contributed by atoms with van der Waals surface area (Å²) in [4.78, 5) is 4.02. The lowest BCUT2D eigenvalue weighted by Crippen LogP contribution is -2.16. The molecule has 1 atom stereocenters. The van der Waals surface area contributed by atoms with E-state index < -0.39 is 6.04 Å². The lowest BCUT2D eigenvalue weighted by Gasteiger charge is -2.10. The smallest absolute Gasteiger partial charge is 0.163 e. The summed E-state index contributed by atoms with van der Waals surface area (Å²) in [6, 6.07) is 5.97. The molecule has 2 aromatic heterocycles. The highest BCUT2D eigenvalue weighted by atomic mass is 16.3. The number of aromatic hydroxyl groups is 2. The van der Waals surface area contributed by atoms with Crippen LogP contribution in [0.3, 0.4) is 0 Å². The van der Waals surface area contributed by atoms with Gasteiger partial charge in [0.1, 0.15) is 6.33 Å². The number of aromatic nitrogens is 4. The molecule has 0 amide bonds. The summed E-state index contributed by atoms with van der Waals surface area (Å²) in [5.74, 6) is 0.280. The molecular weight excluding hydrogens is 258 g/mol. The van der Waals surface area contributed by atoms with E-state index in [4.69, 9.17) is 5.73 Å². The zero-order chi connectivity index (χ0) is 14.1. The molecule has 2 heterocycles. The molecule has 4 N–H and O–H groups in total. The molecule has 3 aromatic rings. The Morgan fingerprint density at radius 3 is 2.80 bits per heavy atom. The Balaban J connectivity index is 1.89. The van der Waals surface area contributed by atoms with Crippen LogP contribution < -0.4 is 5.73 Å². The largest absolute Gasteiger partial charge is 0.504 e. The topological polar surface area (TPSA) is 110 Å². The van der Waals surface area contributed by atoms with Gasteiger partial charge in [-0.2, -0.15) is 0 Å². The fourth-order valence-electron chi connectivity index (χ4n) is 2.06. The van der Waals surface area contributed by atoms with Crippen LogP contribution in [0, 0.1) is 0 Å². The number of nitrogens with zero attached hydrogens (tertiary/aromatic N) is 4. The second kappa shape index (κ2) is 4.78. The van der Waals surface area contributed by atoms with Crippen LogP contribution in [-0.4, -0.2) is 29.8 Å². The van der Waals surface area contributed by atoms with Gasteiger partial charge in [-0.15, -0.1) is 10.2 Å². The first-order valence-electron chi connectivity index (χ1n) is 6.06. The van der Waals surface area contributed by atoms with Crippen LogP contribution in [-0.2, 0) is 6.42 Å². The number of rotatable bonds is 3. The molecule has 0 saturated carbocycles. The molecule has 3 rings (SSSR count). The average Bonchev–Trinajstić information content (AvgIpc) is 2.87. The van der Waals surface area contributed by atoms with Crippen LogP contribution in [0.2, 0.25) is 0 Å². The molecule has 0 radical (unpaired) electrons. The molecule has 0 bridgehead atoms. The van der Waals surface area contributed by atoms with E-state index in [0.717, 1.165) is 5.56 Å². The Morgan fingerprint density at radius 1 is 1.15 bits per heavy atom. The van der Waals surface area contributed by atoms with Crippen molar-refractivity contribution < 1.29 is 10.2 Å². The minimum absolute atomic E-state index is 0.153. The van der Waals surface area contributed by atoms with E-state index in [0.29, 0.717) is 17.9 Å². The van der Waals surface area contributed by atoms with E-state index >= 15 is 0 Å². The molecule has 7 heteroatoms. The summed E-state index contributed by atoms with van der Waals surface area (Å²) in [6.07, 6.45) is 3.71. The van der Waals surface area contributed by atoms with Gasteiger partial charge in [-0.1, -0.05) is 6.07 Å². The Hall–Kier alpha value is -2.67. The maximum absolute atomic E-state index is 9.48. The fourth-order valence-corrected chi connectivity index (χ4v) is 2.06. The van der Waals surface area contributed by atoms with Crippen molar-refractivity contribution in [3.05, 3.63) is 48.2 Å². The highest BCUT2D eigenvalue weighted by Gasteiger charge is 2.15. The summed E-state index contributed by atoms with van der Waals surface area (Å²) in [5, 5.41) is 26.9. The van der Waals surface area contributed by atoms with Crippen molar-refractivity contribution in [1.29, 1.82) is 0 Å². The van der Waals surface area contributed by atoms with Crippen LogP contribution in [0.1, 0.15) is 17.4 Å². The van der Waals surface area contributed by atoms with Crippen LogP contribution >= 0.6 is 0 Å². The van der Waals surface area contributed by atoms with Crippen LogP contribution in [0.4, 0.5) is 0 Å². The molecule has 0 spiro atoms. The van der Waals surface area contributed by atoms with Crippen molar-refractivity contribution in [2.45, 2.75) is 12.5 Å². The summed E-state index contributed by atoms with van der Waals surface area (Å²) in [7, 11) is 0. The van der Waals surface area contributed by atoms with Crippen LogP contribution in [0.25, 0.3) is 5.65 Å². The number of phenols is 2. The second-order valence-electron chi connectivity index (χ2n) is 4.50. The Kier molecular flexibility index (Phi) is 2.96. The molecule has 1 aromatic carbocycles. The SMILES string of the molecule is NC(Cc1ccc(O)c(O)c1)c1nnc2ccncn12.